The van der Waals surface area contributed by atoms with Crippen LogP contribution in [0.25, 0.3) is 0 Å². The number of aliphatic carboxylic acids is 1. The SMILES string of the molecule is CC[C@@H](NC(=O)OCc1cc([N+](=O)[O-])cc([N+](=O)[O-])c1)C(=O)O. The maximum Gasteiger partial charge on any atom is 0.408 e. The number of hydrogen-bond acceptors (Lipinski definition) is 7. The zero-order chi connectivity index (χ0) is 17.6. The fraction of sp³-hybridized carbons (Fsp3) is 0.333. The first-order chi connectivity index (χ1) is 10.7. The van der Waals surface area contributed by atoms with E-state index in [2.05, 4.69) is 5.32 Å². The van der Waals surface area contributed by atoms with Gasteiger partial charge in [-0.2, -0.15) is 0 Å². The molecule has 23 heavy (non-hydrogen) atoms. The van der Waals surface area contributed by atoms with Gasteiger partial charge in [0.15, 0.2) is 0 Å². The molecule has 0 heterocycles. The molecule has 0 bridgehead atoms. The number of nitro groups is 2. The lowest BCUT2D eigenvalue weighted by molar-refractivity contribution is -0.394. The Labute approximate surface area is 129 Å². The van der Waals surface area contributed by atoms with Crippen LogP contribution in [0.4, 0.5) is 16.2 Å². The van der Waals surface area contributed by atoms with Crippen LogP contribution >= 0.6 is 0 Å². The van der Waals surface area contributed by atoms with Gasteiger partial charge >= 0.3 is 12.1 Å². The van der Waals surface area contributed by atoms with Crippen LogP contribution in [0.2, 0.25) is 0 Å². The summed E-state index contributed by atoms with van der Waals surface area (Å²) >= 11 is 0. The lowest BCUT2D eigenvalue weighted by Crippen LogP contribution is -2.40. The molecule has 1 amide bonds. The molecule has 0 fully saturated rings. The van der Waals surface area contributed by atoms with Gasteiger partial charge in [-0.3, -0.25) is 20.2 Å². The number of alkyl carbamates (subject to hydrolysis) is 1. The summed E-state index contributed by atoms with van der Waals surface area (Å²) in [4.78, 5) is 42.0. The van der Waals surface area contributed by atoms with E-state index in [0.29, 0.717) is 0 Å². The lowest BCUT2D eigenvalue weighted by atomic mass is 10.2. The van der Waals surface area contributed by atoms with Crippen molar-refractivity contribution in [1.29, 1.82) is 0 Å². The Bertz CT molecular complexity index is 613. The van der Waals surface area contributed by atoms with Gasteiger partial charge in [0.1, 0.15) is 12.6 Å². The van der Waals surface area contributed by atoms with Crippen LogP contribution < -0.4 is 5.32 Å². The Hall–Kier alpha value is -3.24. The van der Waals surface area contributed by atoms with Gasteiger partial charge in [-0.25, -0.2) is 9.59 Å². The van der Waals surface area contributed by atoms with Crippen LogP contribution in [0.1, 0.15) is 18.9 Å². The Balaban J connectivity index is 2.80. The number of amides is 1. The van der Waals surface area contributed by atoms with Crippen molar-refractivity contribution in [2.24, 2.45) is 0 Å². The second kappa shape index (κ2) is 7.68. The van der Waals surface area contributed by atoms with Crippen molar-refractivity contribution >= 4 is 23.4 Å². The molecular weight excluding hydrogens is 314 g/mol. The number of hydrogen-bond donors (Lipinski definition) is 2. The number of benzene rings is 1. The van der Waals surface area contributed by atoms with Gasteiger partial charge in [0.2, 0.25) is 0 Å². The van der Waals surface area contributed by atoms with Gasteiger partial charge in [-0.1, -0.05) is 6.92 Å². The van der Waals surface area contributed by atoms with Gasteiger partial charge in [0, 0.05) is 17.7 Å². The fourth-order valence-electron chi connectivity index (χ4n) is 1.62. The van der Waals surface area contributed by atoms with Crippen molar-refractivity contribution in [3.63, 3.8) is 0 Å². The topological polar surface area (TPSA) is 162 Å². The summed E-state index contributed by atoms with van der Waals surface area (Å²) in [5.41, 5.74) is -1.00. The summed E-state index contributed by atoms with van der Waals surface area (Å²) in [6, 6.07) is 1.69. The number of ether oxygens (including phenoxy) is 1. The quantitative estimate of drug-likeness (QED) is 0.563. The minimum Gasteiger partial charge on any atom is -0.480 e. The van der Waals surface area contributed by atoms with Crippen LogP contribution in [-0.4, -0.2) is 33.1 Å². The van der Waals surface area contributed by atoms with E-state index in [1.165, 1.54) is 0 Å². The Morgan fingerprint density at radius 1 is 1.22 bits per heavy atom. The van der Waals surface area contributed by atoms with Gasteiger partial charge in [0.25, 0.3) is 11.4 Å². The largest absolute Gasteiger partial charge is 0.480 e. The summed E-state index contributed by atoms with van der Waals surface area (Å²) in [6.07, 6.45) is -0.916. The van der Waals surface area contributed by atoms with Crippen molar-refractivity contribution in [3.8, 4) is 0 Å². The van der Waals surface area contributed by atoms with E-state index in [1.807, 2.05) is 0 Å². The average molecular weight is 327 g/mol. The zero-order valence-electron chi connectivity index (χ0n) is 11.9. The molecule has 0 saturated carbocycles. The van der Waals surface area contributed by atoms with E-state index >= 15 is 0 Å². The van der Waals surface area contributed by atoms with E-state index in [4.69, 9.17) is 9.84 Å². The van der Waals surface area contributed by atoms with Crippen molar-refractivity contribution in [2.75, 3.05) is 0 Å². The van der Waals surface area contributed by atoms with Gasteiger partial charge in [-0.15, -0.1) is 0 Å². The smallest absolute Gasteiger partial charge is 0.408 e. The molecule has 0 aliphatic carbocycles. The van der Waals surface area contributed by atoms with Crippen molar-refractivity contribution in [1.82, 2.24) is 5.32 Å². The molecule has 1 atom stereocenters. The average Bonchev–Trinajstić information content (AvgIpc) is 2.49. The molecular formula is C12H13N3O8. The molecule has 11 heteroatoms. The summed E-state index contributed by atoms with van der Waals surface area (Å²) in [7, 11) is 0. The number of carbonyl (C=O) groups is 2. The molecule has 0 aliphatic rings. The fourth-order valence-corrected chi connectivity index (χ4v) is 1.62. The van der Waals surface area contributed by atoms with E-state index in [-0.39, 0.29) is 12.0 Å². The van der Waals surface area contributed by atoms with Crippen LogP contribution in [0.3, 0.4) is 0 Å². The molecule has 0 spiro atoms. The number of nitrogens with one attached hydrogen (secondary N) is 1. The normalized spacial score (nSPS) is 11.3. The minimum absolute atomic E-state index is 0.0319. The standard InChI is InChI=1S/C12H13N3O8/c1-2-10(11(16)17)13-12(18)23-6-7-3-8(14(19)20)5-9(4-7)15(21)22/h3-5,10H,2,6H2,1H3,(H,13,18)(H,16,17)/t10-/m1/s1. The monoisotopic (exact) mass is 327 g/mol. The van der Waals surface area contributed by atoms with E-state index in [1.54, 1.807) is 6.92 Å². The van der Waals surface area contributed by atoms with Crippen LogP contribution in [0.5, 0.6) is 0 Å². The predicted molar refractivity (Wildman–Crippen MR) is 74.8 cm³/mol. The maximum absolute atomic E-state index is 11.5. The number of rotatable bonds is 7. The summed E-state index contributed by atoms with van der Waals surface area (Å²) in [6.45, 7) is 1.06. The molecule has 0 saturated heterocycles. The zero-order valence-corrected chi connectivity index (χ0v) is 11.9. The third-order valence-electron chi connectivity index (χ3n) is 2.75. The molecule has 1 aromatic carbocycles. The van der Waals surface area contributed by atoms with Crippen molar-refractivity contribution < 1.29 is 29.3 Å². The first-order valence-electron chi connectivity index (χ1n) is 6.33. The minimum atomic E-state index is -1.24. The molecule has 0 aliphatic heterocycles. The molecule has 11 nitrogen and oxygen atoms in total. The molecule has 0 aromatic heterocycles. The number of nitrogens with zero attached hydrogens (tertiary/aromatic N) is 2. The van der Waals surface area contributed by atoms with Crippen LogP contribution in [0, 0.1) is 20.2 Å². The number of non-ortho nitro benzene ring substituents is 2. The summed E-state index contributed by atoms with van der Waals surface area (Å²) in [5, 5.41) is 32.3. The highest BCUT2D eigenvalue weighted by molar-refractivity contribution is 5.79. The highest BCUT2D eigenvalue weighted by atomic mass is 16.6. The first-order valence-corrected chi connectivity index (χ1v) is 6.33. The highest BCUT2D eigenvalue weighted by Crippen LogP contribution is 2.23. The van der Waals surface area contributed by atoms with E-state index in [0.717, 1.165) is 18.2 Å². The Morgan fingerprint density at radius 2 is 1.74 bits per heavy atom. The van der Waals surface area contributed by atoms with Crippen molar-refractivity contribution in [3.05, 3.63) is 44.0 Å². The molecule has 0 unspecified atom stereocenters. The van der Waals surface area contributed by atoms with Gasteiger partial charge in [0.05, 0.1) is 15.9 Å². The molecule has 124 valence electrons. The second-order valence-electron chi connectivity index (χ2n) is 4.39. The van der Waals surface area contributed by atoms with E-state index < -0.39 is 45.9 Å². The third kappa shape index (κ3) is 5.22. The molecule has 1 aromatic rings. The van der Waals surface area contributed by atoms with Crippen LogP contribution in [-0.2, 0) is 16.1 Å². The maximum atomic E-state index is 11.5. The molecule has 1 rings (SSSR count). The highest BCUT2D eigenvalue weighted by Gasteiger charge is 2.20. The van der Waals surface area contributed by atoms with Gasteiger partial charge < -0.3 is 15.2 Å². The number of carboxylic acids is 1. The van der Waals surface area contributed by atoms with Crippen LogP contribution in [0.15, 0.2) is 18.2 Å². The van der Waals surface area contributed by atoms with Crippen molar-refractivity contribution in [2.45, 2.75) is 26.0 Å². The molecule has 0 radical (unpaired) electrons. The first kappa shape index (κ1) is 17.8. The second-order valence-corrected chi connectivity index (χ2v) is 4.39. The lowest BCUT2D eigenvalue weighted by Gasteiger charge is -2.12. The van der Waals surface area contributed by atoms with Gasteiger partial charge in [-0.05, 0) is 6.42 Å². The molecule has 2 N–H and O–H groups in total. The van der Waals surface area contributed by atoms with E-state index in [9.17, 15) is 29.8 Å². The summed E-state index contributed by atoms with van der Waals surface area (Å²) < 4.78 is 4.72. The Kier molecular flexibility index (Phi) is 5.95. The number of nitro benzene ring substituents is 2. The third-order valence-corrected chi connectivity index (χ3v) is 2.75. The summed E-state index contributed by atoms with van der Waals surface area (Å²) in [5.74, 6) is -1.24. The number of carbonyl (C=O) groups excluding carboxylic acids is 1. The Morgan fingerprint density at radius 3 is 2.13 bits per heavy atom. The predicted octanol–water partition coefficient (Wildman–Crippen LogP) is 1.59. The number of carboxylic acid groups (broad SMARTS) is 1.